The van der Waals surface area contributed by atoms with Crippen LogP contribution in [-0.2, 0) is 20.9 Å². The van der Waals surface area contributed by atoms with Gasteiger partial charge < -0.3 is 21.1 Å². The number of hydrogen-bond donors (Lipinski definition) is 3. The first-order chi connectivity index (χ1) is 12.0. The lowest BCUT2D eigenvalue weighted by Crippen LogP contribution is -2.38. The fourth-order valence-electron chi connectivity index (χ4n) is 2.63. The van der Waals surface area contributed by atoms with Crippen molar-refractivity contribution in [2.45, 2.75) is 32.4 Å². The van der Waals surface area contributed by atoms with Gasteiger partial charge in [0, 0.05) is 50.7 Å². The molecule has 0 saturated carbocycles. The number of anilines is 1. The number of nitrogens with two attached hydrogens (primary N) is 1. The molecule has 7 heteroatoms. The smallest absolute Gasteiger partial charge is 0.225 e. The van der Waals surface area contributed by atoms with E-state index in [1.54, 1.807) is 6.92 Å². The van der Waals surface area contributed by atoms with Gasteiger partial charge in [-0.25, -0.2) is 0 Å². The molecule has 0 aromatic heterocycles. The Morgan fingerprint density at radius 1 is 1.28 bits per heavy atom. The van der Waals surface area contributed by atoms with Crippen molar-refractivity contribution in [3.05, 3.63) is 29.8 Å². The van der Waals surface area contributed by atoms with Gasteiger partial charge in [-0.15, -0.1) is 0 Å². The molecule has 0 aliphatic carbocycles. The minimum atomic E-state index is -0.155. The van der Waals surface area contributed by atoms with Crippen LogP contribution in [0, 0.1) is 0 Å². The Bertz CT molecular complexity index is 571. The molecule has 1 heterocycles. The van der Waals surface area contributed by atoms with Crippen molar-refractivity contribution in [1.82, 2.24) is 10.2 Å². The van der Waals surface area contributed by atoms with E-state index >= 15 is 0 Å². The summed E-state index contributed by atoms with van der Waals surface area (Å²) in [6.45, 7) is 6.18. The number of nitrogens with one attached hydrogen (secondary N) is 2. The molecule has 2 rings (SSSR count). The molecule has 2 amide bonds. The van der Waals surface area contributed by atoms with Crippen LogP contribution in [0.2, 0.25) is 0 Å². The van der Waals surface area contributed by atoms with E-state index in [0.29, 0.717) is 19.4 Å². The first-order valence-electron chi connectivity index (χ1n) is 8.74. The van der Waals surface area contributed by atoms with Gasteiger partial charge in [0.1, 0.15) is 0 Å². The first-order valence-corrected chi connectivity index (χ1v) is 8.74. The predicted molar refractivity (Wildman–Crippen MR) is 97.1 cm³/mol. The van der Waals surface area contributed by atoms with Gasteiger partial charge in [0.15, 0.2) is 0 Å². The Kier molecular flexibility index (Phi) is 7.84. The van der Waals surface area contributed by atoms with E-state index in [4.69, 9.17) is 10.5 Å². The number of ether oxygens (including phenoxy) is 1. The first kappa shape index (κ1) is 19.4. The van der Waals surface area contributed by atoms with Gasteiger partial charge >= 0.3 is 0 Å². The van der Waals surface area contributed by atoms with Crippen LogP contribution in [0.3, 0.4) is 0 Å². The maximum atomic E-state index is 12.1. The molecule has 1 aromatic carbocycles. The van der Waals surface area contributed by atoms with Crippen LogP contribution in [0.1, 0.15) is 25.3 Å². The highest BCUT2D eigenvalue weighted by Crippen LogP contribution is 2.11. The van der Waals surface area contributed by atoms with Crippen molar-refractivity contribution in [1.29, 1.82) is 0 Å². The van der Waals surface area contributed by atoms with Crippen molar-refractivity contribution in [2.24, 2.45) is 5.73 Å². The zero-order valence-electron chi connectivity index (χ0n) is 14.8. The molecule has 1 aliphatic rings. The summed E-state index contributed by atoms with van der Waals surface area (Å²) >= 11 is 0. The van der Waals surface area contributed by atoms with Gasteiger partial charge in [-0.1, -0.05) is 12.1 Å². The Labute approximate surface area is 148 Å². The topological polar surface area (TPSA) is 96.7 Å². The zero-order chi connectivity index (χ0) is 18.1. The van der Waals surface area contributed by atoms with Gasteiger partial charge in [-0.3, -0.25) is 14.5 Å². The van der Waals surface area contributed by atoms with Crippen molar-refractivity contribution in [3.63, 3.8) is 0 Å². The molecule has 0 radical (unpaired) electrons. The van der Waals surface area contributed by atoms with E-state index in [0.717, 1.165) is 44.1 Å². The third-order valence-electron chi connectivity index (χ3n) is 3.97. The molecule has 1 atom stereocenters. The van der Waals surface area contributed by atoms with E-state index in [1.807, 2.05) is 24.3 Å². The van der Waals surface area contributed by atoms with Gasteiger partial charge in [0.25, 0.3) is 0 Å². The van der Waals surface area contributed by atoms with Crippen LogP contribution in [0.4, 0.5) is 5.69 Å². The van der Waals surface area contributed by atoms with Crippen LogP contribution in [0.15, 0.2) is 24.3 Å². The summed E-state index contributed by atoms with van der Waals surface area (Å²) in [5, 5.41) is 5.74. The maximum Gasteiger partial charge on any atom is 0.225 e. The lowest BCUT2D eigenvalue weighted by molar-refractivity contribution is -0.121. The third-order valence-corrected chi connectivity index (χ3v) is 3.97. The number of rotatable bonds is 8. The summed E-state index contributed by atoms with van der Waals surface area (Å²) in [6.07, 6.45) is 0.757. The van der Waals surface area contributed by atoms with Gasteiger partial charge in [-0.05, 0) is 24.6 Å². The van der Waals surface area contributed by atoms with E-state index in [9.17, 15) is 9.59 Å². The third kappa shape index (κ3) is 7.64. The SMILES string of the molecule is CC(N)CC(=O)NCc1cccc(NC(=O)CCN2CCOCC2)c1. The summed E-state index contributed by atoms with van der Waals surface area (Å²) in [5.74, 6) is -0.0837. The van der Waals surface area contributed by atoms with E-state index in [2.05, 4.69) is 15.5 Å². The standard InChI is InChI=1S/C18H28N4O3/c1-14(19)11-18(24)20-13-15-3-2-4-16(12-15)21-17(23)5-6-22-7-9-25-10-8-22/h2-4,12,14H,5-11,13,19H2,1H3,(H,20,24)(H,21,23). The minimum absolute atomic E-state index is 0.00960. The van der Waals surface area contributed by atoms with Crippen LogP contribution < -0.4 is 16.4 Å². The fraction of sp³-hybridized carbons (Fsp3) is 0.556. The van der Waals surface area contributed by atoms with Gasteiger partial charge in [0.05, 0.1) is 13.2 Å². The molecule has 1 unspecified atom stereocenters. The number of hydrogen-bond acceptors (Lipinski definition) is 5. The van der Waals surface area contributed by atoms with Crippen LogP contribution in [0.25, 0.3) is 0 Å². The molecule has 1 aliphatic heterocycles. The summed E-state index contributed by atoms with van der Waals surface area (Å²) in [4.78, 5) is 26.0. The highest BCUT2D eigenvalue weighted by atomic mass is 16.5. The highest BCUT2D eigenvalue weighted by Gasteiger charge is 2.12. The maximum absolute atomic E-state index is 12.1. The number of morpholine rings is 1. The van der Waals surface area contributed by atoms with Crippen molar-refractivity contribution < 1.29 is 14.3 Å². The second kappa shape index (κ2) is 10.1. The molecular weight excluding hydrogens is 320 g/mol. The van der Waals surface area contributed by atoms with E-state index < -0.39 is 0 Å². The van der Waals surface area contributed by atoms with E-state index in [1.165, 1.54) is 0 Å². The number of benzene rings is 1. The molecule has 25 heavy (non-hydrogen) atoms. The Hall–Kier alpha value is -1.96. The van der Waals surface area contributed by atoms with Crippen LogP contribution >= 0.6 is 0 Å². The summed E-state index contributed by atoms with van der Waals surface area (Å²) in [5.41, 5.74) is 7.28. The largest absolute Gasteiger partial charge is 0.379 e. The highest BCUT2D eigenvalue weighted by molar-refractivity contribution is 5.90. The van der Waals surface area contributed by atoms with Crippen LogP contribution in [-0.4, -0.2) is 55.6 Å². The zero-order valence-corrected chi connectivity index (χ0v) is 14.8. The molecule has 1 fully saturated rings. The Morgan fingerprint density at radius 2 is 2.04 bits per heavy atom. The molecule has 138 valence electrons. The summed E-state index contributed by atoms with van der Waals surface area (Å²) < 4.78 is 5.30. The lowest BCUT2D eigenvalue weighted by Gasteiger charge is -2.26. The number of carbonyl (C=O) groups is 2. The molecular formula is C18H28N4O3. The average Bonchev–Trinajstić information content (AvgIpc) is 2.59. The van der Waals surface area contributed by atoms with Gasteiger partial charge in [0.2, 0.25) is 11.8 Å². The molecule has 0 bridgehead atoms. The summed E-state index contributed by atoms with van der Waals surface area (Å²) in [6, 6.07) is 7.34. The van der Waals surface area contributed by atoms with Crippen molar-refractivity contribution >= 4 is 17.5 Å². The quantitative estimate of drug-likeness (QED) is 0.643. The second-order valence-electron chi connectivity index (χ2n) is 6.41. The molecule has 1 saturated heterocycles. The fourth-order valence-corrected chi connectivity index (χ4v) is 2.63. The monoisotopic (exact) mass is 348 g/mol. The number of nitrogens with zero attached hydrogens (tertiary/aromatic N) is 1. The van der Waals surface area contributed by atoms with E-state index in [-0.39, 0.29) is 17.9 Å². The molecule has 0 spiro atoms. The number of carbonyl (C=O) groups excluding carboxylic acids is 2. The average molecular weight is 348 g/mol. The molecule has 7 nitrogen and oxygen atoms in total. The number of amides is 2. The second-order valence-corrected chi connectivity index (χ2v) is 6.41. The predicted octanol–water partition coefficient (Wildman–Crippen LogP) is 0.701. The Balaban J connectivity index is 1.75. The van der Waals surface area contributed by atoms with Crippen molar-refractivity contribution in [2.75, 3.05) is 38.2 Å². The minimum Gasteiger partial charge on any atom is -0.379 e. The van der Waals surface area contributed by atoms with Gasteiger partial charge in [-0.2, -0.15) is 0 Å². The molecule has 1 aromatic rings. The molecule has 4 N–H and O–H groups in total. The van der Waals surface area contributed by atoms with Crippen LogP contribution in [0.5, 0.6) is 0 Å². The Morgan fingerprint density at radius 3 is 2.76 bits per heavy atom. The lowest BCUT2D eigenvalue weighted by atomic mass is 10.2. The van der Waals surface area contributed by atoms with Crippen molar-refractivity contribution in [3.8, 4) is 0 Å². The summed E-state index contributed by atoms with van der Waals surface area (Å²) in [7, 11) is 0. The normalized spacial score (nSPS) is 16.2.